The van der Waals surface area contributed by atoms with Gasteiger partial charge in [-0.05, 0) is 43.5 Å². The van der Waals surface area contributed by atoms with E-state index < -0.39 is 9.84 Å². The van der Waals surface area contributed by atoms with Crippen molar-refractivity contribution in [3.05, 3.63) is 48.5 Å². The van der Waals surface area contributed by atoms with Crippen LogP contribution in [0.2, 0.25) is 0 Å². The van der Waals surface area contributed by atoms with Crippen LogP contribution in [-0.4, -0.2) is 62.9 Å². The fourth-order valence-corrected chi connectivity index (χ4v) is 8.08. The van der Waals surface area contributed by atoms with Crippen LogP contribution in [0.4, 0.5) is 0 Å². The summed E-state index contributed by atoms with van der Waals surface area (Å²) in [6, 6.07) is 15.8. The van der Waals surface area contributed by atoms with E-state index >= 15 is 0 Å². The number of para-hydroxylation sites is 3. The summed E-state index contributed by atoms with van der Waals surface area (Å²) < 4.78 is 26.4. The van der Waals surface area contributed by atoms with E-state index in [-0.39, 0.29) is 35.2 Å². The van der Waals surface area contributed by atoms with Crippen LogP contribution in [-0.2, 0) is 14.6 Å². The minimum absolute atomic E-state index is 0.00605. The number of amides is 1. The number of fused-ring (bicyclic) bond motifs is 5. The Bertz CT molecular complexity index is 1510. The Balaban J connectivity index is 1.36. The molecular formula is C25H26N4O3S2. The lowest BCUT2D eigenvalue weighted by Gasteiger charge is -2.34. The molecule has 1 amide bonds. The first-order valence-electron chi connectivity index (χ1n) is 11.8. The molecule has 0 spiro atoms. The summed E-state index contributed by atoms with van der Waals surface area (Å²) >= 11 is 1.41. The second-order valence-electron chi connectivity index (χ2n) is 9.26. The fraction of sp³-hybridized carbons (Fsp3) is 0.400. The average Bonchev–Trinajstić information content (AvgIpc) is 3.57. The van der Waals surface area contributed by atoms with Crippen LogP contribution in [0.15, 0.2) is 53.7 Å². The zero-order valence-corrected chi connectivity index (χ0v) is 20.4. The number of thioether (sulfide) groups is 1. The quantitative estimate of drug-likeness (QED) is 0.307. The lowest BCUT2D eigenvalue weighted by Crippen LogP contribution is -2.47. The third kappa shape index (κ3) is 3.84. The van der Waals surface area contributed by atoms with E-state index in [1.54, 1.807) is 0 Å². The van der Waals surface area contributed by atoms with Gasteiger partial charge >= 0.3 is 0 Å². The van der Waals surface area contributed by atoms with Crippen molar-refractivity contribution >= 4 is 55.1 Å². The Morgan fingerprint density at radius 3 is 2.47 bits per heavy atom. The topological polar surface area (TPSA) is 84.6 Å². The molecule has 2 aromatic heterocycles. The predicted molar refractivity (Wildman–Crippen MR) is 135 cm³/mol. The molecule has 4 aromatic rings. The van der Waals surface area contributed by atoms with Crippen molar-refractivity contribution in [2.75, 3.05) is 17.3 Å². The average molecular weight is 495 g/mol. The maximum atomic E-state index is 13.6. The highest BCUT2D eigenvalue weighted by atomic mass is 32.2. The lowest BCUT2D eigenvalue weighted by atomic mass is 10.1. The standard InChI is InChI=1S/C25H26N4O3S2/c30-23(28(17-7-1-2-8-17)18-13-14-34(31,32)16-18)15-33-25-27-20-10-4-3-9-19(20)24-26-21-11-5-6-12-22(21)29(24)25/h3-6,9-12,17-18H,1-2,7-8,13-16H2. The third-order valence-corrected chi connectivity index (χ3v) is 9.72. The van der Waals surface area contributed by atoms with Gasteiger partial charge in [0, 0.05) is 17.5 Å². The molecule has 2 aliphatic rings. The zero-order chi connectivity index (χ0) is 23.3. The second kappa shape index (κ2) is 8.53. The van der Waals surface area contributed by atoms with Crippen molar-refractivity contribution in [2.45, 2.75) is 49.3 Å². The maximum absolute atomic E-state index is 13.6. The zero-order valence-electron chi connectivity index (χ0n) is 18.8. The molecule has 1 unspecified atom stereocenters. The van der Waals surface area contributed by atoms with Gasteiger partial charge in [0.1, 0.15) is 5.65 Å². The van der Waals surface area contributed by atoms with Crippen LogP contribution < -0.4 is 0 Å². The Kier molecular flexibility index (Phi) is 5.49. The van der Waals surface area contributed by atoms with E-state index in [1.807, 2.05) is 57.8 Å². The molecule has 1 aliphatic heterocycles. The van der Waals surface area contributed by atoms with E-state index in [0.29, 0.717) is 6.42 Å². The number of carbonyl (C=O) groups excluding carboxylic acids is 1. The van der Waals surface area contributed by atoms with Crippen LogP contribution >= 0.6 is 11.8 Å². The van der Waals surface area contributed by atoms with Gasteiger partial charge in [0.2, 0.25) is 5.91 Å². The molecular weight excluding hydrogens is 468 g/mol. The fourth-order valence-electron chi connectivity index (χ4n) is 5.49. The highest BCUT2D eigenvalue weighted by Crippen LogP contribution is 2.32. The first kappa shape index (κ1) is 21.9. The van der Waals surface area contributed by atoms with Gasteiger partial charge in [0.15, 0.2) is 15.0 Å². The smallest absolute Gasteiger partial charge is 0.233 e. The summed E-state index contributed by atoms with van der Waals surface area (Å²) in [5.74, 6) is 0.492. The Morgan fingerprint density at radius 1 is 0.971 bits per heavy atom. The summed E-state index contributed by atoms with van der Waals surface area (Å²) in [6.07, 6.45) is 4.64. The van der Waals surface area contributed by atoms with Gasteiger partial charge in [-0.15, -0.1) is 0 Å². The molecule has 1 aliphatic carbocycles. The largest absolute Gasteiger partial charge is 0.335 e. The van der Waals surface area contributed by atoms with Gasteiger partial charge in [-0.2, -0.15) is 0 Å². The highest BCUT2D eigenvalue weighted by molar-refractivity contribution is 7.99. The minimum atomic E-state index is -3.07. The van der Waals surface area contributed by atoms with Crippen molar-refractivity contribution in [1.29, 1.82) is 0 Å². The molecule has 2 fully saturated rings. The number of benzene rings is 2. The number of aromatic nitrogens is 3. The van der Waals surface area contributed by atoms with E-state index in [4.69, 9.17) is 9.97 Å². The number of sulfone groups is 1. The third-order valence-electron chi connectivity index (χ3n) is 7.05. The van der Waals surface area contributed by atoms with Crippen molar-refractivity contribution in [2.24, 2.45) is 0 Å². The maximum Gasteiger partial charge on any atom is 0.233 e. The van der Waals surface area contributed by atoms with Crippen LogP contribution in [0.3, 0.4) is 0 Å². The predicted octanol–water partition coefficient (Wildman–Crippen LogP) is 4.09. The number of rotatable bonds is 5. The van der Waals surface area contributed by atoms with E-state index in [1.165, 1.54) is 11.8 Å². The Hall–Kier alpha value is -2.65. The van der Waals surface area contributed by atoms with Crippen molar-refractivity contribution in [3.63, 3.8) is 0 Å². The Morgan fingerprint density at radius 2 is 1.71 bits per heavy atom. The molecule has 0 N–H and O–H groups in total. The SMILES string of the molecule is O=C(CSc1nc2ccccc2c2nc3ccccc3n12)N(C1CCCC1)C1CCS(=O)(=O)C1. The first-order chi connectivity index (χ1) is 16.5. The van der Waals surface area contributed by atoms with Gasteiger partial charge in [-0.3, -0.25) is 9.20 Å². The molecule has 1 saturated carbocycles. The molecule has 2 aromatic carbocycles. The lowest BCUT2D eigenvalue weighted by molar-refractivity contribution is -0.132. The van der Waals surface area contributed by atoms with Crippen LogP contribution in [0.1, 0.15) is 32.1 Å². The normalized spacial score (nSPS) is 20.5. The second-order valence-corrected chi connectivity index (χ2v) is 12.4. The molecule has 176 valence electrons. The van der Waals surface area contributed by atoms with E-state index in [2.05, 4.69) is 0 Å². The van der Waals surface area contributed by atoms with Crippen molar-refractivity contribution in [3.8, 4) is 0 Å². The molecule has 3 heterocycles. The summed E-state index contributed by atoms with van der Waals surface area (Å²) in [4.78, 5) is 25.2. The molecule has 7 nitrogen and oxygen atoms in total. The summed E-state index contributed by atoms with van der Waals surface area (Å²) in [6.45, 7) is 0. The molecule has 6 rings (SSSR count). The highest BCUT2D eigenvalue weighted by Gasteiger charge is 2.39. The molecule has 1 atom stereocenters. The van der Waals surface area contributed by atoms with E-state index in [9.17, 15) is 13.2 Å². The minimum Gasteiger partial charge on any atom is -0.335 e. The van der Waals surface area contributed by atoms with Crippen molar-refractivity contribution in [1.82, 2.24) is 19.3 Å². The van der Waals surface area contributed by atoms with Crippen LogP contribution in [0, 0.1) is 0 Å². The molecule has 9 heteroatoms. The van der Waals surface area contributed by atoms with Gasteiger partial charge in [0.25, 0.3) is 0 Å². The van der Waals surface area contributed by atoms with Gasteiger partial charge in [-0.25, -0.2) is 18.4 Å². The molecule has 34 heavy (non-hydrogen) atoms. The van der Waals surface area contributed by atoms with Crippen molar-refractivity contribution < 1.29 is 13.2 Å². The first-order valence-corrected chi connectivity index (χ1v) is 14.6. The van der Waals surface area contributed by atoms with Gasteiger partial charge in [-0.1, -0.05) is 48.9 Å². The van der Waals surface area contributed by atoms with Gasteiger partial charge < -0.3 is 4.90 Å². The molecule has 0 bridgehead atoms. The number of hydrogen-bond donors (Lipinski definition) is 0. The molecule has 1 saturated heterocycles. The summed E-state index contributed by atoms with van der Waals surface area (Å²) in [5.41, 5.74) is 3.52. The summed E-state index contributed by atoms with van der Waals surface area (Å²) in [5, 5.41) is 1.69. The number of imidazole rings is 1. The number of nitrogens with zero attached hydrogens (tertiary/aromatic N) is 4. The van der Waals surface area contributed by atoms with E-state index in [0.717, 1.165) is 58.4 Å². The number of carbonyl (C=O) groups is 1. The van der Waals surface area contributed by atoms with Crippen LogP contribution in [0.5, 0.6) is 0 Å². The Labute approximate surface area is 202 Å². The molecule has 0 radical (unpaired) electrons. The van der Waals surface area contributed by atoms with Gasteiger partial charge in [0.05, 0.1) is 33.8 Å². The number of hydrogen-bond acceptors (Lipinski definition) is 6. The monoisotopic (exact) mass is 494 g/mol. The van der Waals surface area contributed by atoms with Crippen LogP contribution in [0.25, 0.3) is 27.6 Å². The summed E-state index contributed by atoms with van der Waals surface area (Å²) in [7, 11) is -3.07.